The molecule has 1 saturated carbocycles. The van der Waals surface area contributed by atoms with Gasteiger partial charge in [0.2, 0.25) is 0 Å². The predicted molar refractivity (Wildman–Crippen MR) is 89.2 cm³/mol. The van der Waals surface area contributed by atoms with Crippen LogP contribution >= 0.6 is 0 Å². The maximum atomic E-state index is 12.8. The second kappa shape index (κ2) is 4.28. The SMILES string of the molecule is C[C@]12C[C@H]1Cc1nc3cc(-c4ccccn4)ccc3c(=O)n1C2. The molecule has 0 N–H and O–H groups in total. The van der Waals surface area contributed by atoms with E-state index in [4.69, 9.17) is 4.98 Å². The Morgan fingerprint density at radius 2 is 2.17 bits per heavy atom. The first-order chi connectivity index (χ1) is 11.1. The first kappa shape index (κ1) is 13.0. The Bertz CT molecular complexity index is 993. The summed E-state index contributed by atoms with van der Waals surface area (Å²) < 4.78 is 1.90. The zero-order chi connectivity index (χ0) is 15.6. The number of hydrogen-bond donors (Lipinski definition) is 0. The molecule has 3 heterocycles. The molecule has 2 aromatic heterocycles. The average molecular weight is 303 g/mol. The summed E-state index contributed by atoms with van der Waals surface area (Å²) in [4.78, 5) is 22.0. The van der Waals surface area contributed by atoms with Crippen LogP contribution in [0.2, 0.25) is 0 Å². The van der Waals surface area contributed by atoms with Crippen molar-refractivity contribution in [3.63, 3.8) is 0 Å². The monoisotopic (exact) mass is 303 g/mol. The van der Waals surface area contributed by atoms with E-state index in [9.17, 15) is 4.79 Å². The van der Waals surface area contributed by atoms with E-state index < -0.39 is 0 Å². The molecule has 0 spiro atoms. The van der Waals surface area contributed by atoms with Gasteiger partial charge < -0.3 is 0 Å². The van der Waals surface area contributed by atoms with Gasteiger partial charge >= 0.3 is 0 Å². The van der Waals surface area contributed by atoms with Gasteiger partial charge in [-0.05, 0) is 42.0 Å². The number of nitrogens with zero attached hydrogens (tertiary/aromatic N) is 3. The van der Waals surface area contributed by atoms with Crippen molar-refractivity contribution in [3.8, 4) is 11.3 Å². The van der Waals surface area contributed by atoms with E-state index in [0.717, 1.165) is 35.6 Å². The molecular formula is C19H17N3O. The summed E-state index contributed by atoms with van der Waals surface area (Å²) in [5, 5.41) is 0.705. The van der Waals surface area contributed by atoms with Crippen molar-refractivity contribution in [2.75, 3.05) is 0 Å². The Kier molecular flexibility index (Phi) is 2.42. The van der Waals surface area contributed by atoms with E-state index in [2.05, 4.69) is 11.9 Å². The lowest BCUT2D eigenvalue weighted by molar-refractivity contribution is 0.359. The molecule has 5 rings (SSSR count). The van der Waals surface area contributed by atoms with Gasteiger partial charge in [-0.2, -0.15) is 0 Å². The molecular weight excluding hydrogens is 286 g/mol. The normalized spacial score (nSPS) is 25.0. The summed E-state index contributed by atoms with van der Waals surface area (Å²) >= 11 is 0. The fourth-order valence-corrected chi connectivity index (χ4v) is 3.88. The highest BCUT2D eigenvalue weighted by Crippen LogP contribution is 2.56. The van der Waals surface area contributed by atoms with Crippen LogP contribution in [0.15, 0.2) is 47.4 Å². The lowest BCUT2D eigenvalue weighted by Gasteiger charge is -2.22. The first-order valence-corrected chi connectivity index (χ1v) is 8.09. The summed E-state index contributed by atoms with van der Waals surface area (Å²) in [7, 11) is 0. The topological polar surface area (TPSA) is 47.8 Å². The molecule has 1 aromatic carbocycles. The van der Waals surface area contributed by atoms with Crippen LogP contribution in [-0.2, 0) is 13.0 Å². The third kappa shape index (κ3) is 1.87. The van der Waals surface area contributed by atoms with Crippen LogP contribution in [0.5, 0.6) is 0 Å². The Hall–Kier alpha value is -2.49. The number of fused-ring (bicyclic) bond motifs is 3. The fraction of sp³-hybridized carbons (Fsp3) is 0.316. The van der Waals surface area contributed by atoms with Crippen molar-refractivity contribution >= 4 is 10.9 Å². The Labute approximate surface area is 133 Å². The highest BCUT2D eigenvalue weighted by atomic mass is 16.1. The van der Waals surface area contributed by atoms with Gasteiger partial charge in [0.05, 0.1) is 16.6 Å². The maximum Gasteiger partial charge on any atom is 0.261 e. The quantitative estimate of drug-likeness (QED) is 0.694. The standard InChI is InChI=1S/C19H17N3O/c1-19-10-13(19)9-17-21-16-8-12(15-4-2-3-7-20-15)5-6-14(16)18(23)22(17)11-19/h2-8,13H,9-11H2,1H3/t13-,19-/m1/s1. The van der Waals surface area contributed by atoms with E-state index in [0.29, 0.717) is 16.7 Å². The first-order valence-electron chi connectivity index (χ1n) is 8.09. The van der Waals surface area contributed by atoms with Crippen LogP contribution < -0.4 is 5.56 Å². The van der Waals surface area contributed by atoms with Gasteiger partial charge in [-0.15, -0.1) is 0 Å². The van der Waals surface area contributed by atoms with Gasteiger partial charge in [0.25, 0.3) is 5.56 Å². The van der Waals surface area contributed by atoms with E-state index in [-0.39, 0.29) is 5.56 Å². The average Bonchev–Trinajstić information content (AvgIpc) is 3.24. The Balaban J connectivity index is 1.70. The molecule has 2 aliphatic rings. The molecule has 0 bridgehead atoms. The zero-order valence-corrected chi connectivity index (χ0v) is 13.0. The fourth-order valence-electron chi connectivity index (χ4n) is 3.88. The van der Waals surface area contributed by atoms with Crippen molar-refractivity contribution < 1.29 is 0 Å². The number of aromatic nitrogens is 3. The molecule has 1 fully saturated rings. The second-order valence-electron chi connectivity index (χ2n) is 7.13. The summed E-state index contributed by atoms with van der Waals surface area (Å²) in [6.45, 7) is 3.10. The molecule has 1 aliphatic carbocycles. The molecule has 0 saturated heterocycles. The van der Waals surface area contributed by atoms with Gasteiger partial charge in [0.1, 0.15) is 5.82 Å². The molecule has 4 nitrogen and oxygen atoms in total. The van der Waals surface area contributed by atoms with Gasteiger partial charge in [0.15, 0.2) is 0 Å². The maximum absolute atomic E-state index is 12.8. The minimum Gasteiger partial charge on any atom is -0.296 e. The lowest BCUT2D eigenvalue weighted by Crippen LogP contribution is -2.32. The van der Waals surface area contributed by atoms with E-state index in [1.807, 2.05) is 41.0 Å². The highest BCUT2D eigenvalue weighted by molar-refractivity contribution is 5.83. The second-order valence-corrected chi connectivity index (χ2v) is 7.13. The summed E-state index contributed by atoms with van der Waals surface area (Å²) in [5.74, 6) is 1.64. The molecule has 0 unspecified atom stereocenters. The molecule has 0 radical (unpaired) electrons. The van der Waals surface area contributed by atoms with Gasteiger partial charge in [-0.1, -0.05) is 19.1 Å². The molecule has 3 aromatic rings. The molecule has 114 valence electrons. The van der Waals surface area contributed by atoms with Crippen LogP contribution in [0.4, 0.5) is 0 Å². The van der Waals surface area contributed by atoms with Gasteiger partial charge in [-0.25, -0.2) is 4.98 Å². The number of pyridine rings is 1. The predicted octanol–water partition coefficient (Wildman–Crippen LogP) is 3.04. The van der Waals surface area contributed by atoms with Crippen molar-refractivity contribution in [3.05, 3.63) is 58.8 Å². The van der Waals surface area contributed by atoms with Crippen LogP contribution in [0, 0.1) is 11.3 Å². The van der Waals surface area contributed by atoms with Gasteiger partial charge in [0, 0.05) is 24.7 Å². The molecule has 4 heteroatoms. The number of hydrogen-bond acceptors (Lipinski definition) is 3. The van der Waals surface area contributed by atoms with E-state index in [1.54, 1.807) is 6.20 Å². The highest BCUT2D eigenvalue weighted by Gasteiger charge is 2.53. The van der Waals surface area contributed by atoms with Crippen molar-refractivity contribution in [2.24, 2.45) is 11.3 Å². The Morgan fingerprint density at radius 3 is 3.00 bits per heavy atom. The third-order valence-electron chi connectivity index (χ3n) is 5.48. The van der Waals surface area contributed by atoms with Crippen molar-refractivity contribution in [1.82, 2.24) is 14.5 Å². The van der Waals surface area contributed by atoms with Crippen LogP contribution in [0.1, 0.15) is 19.2 Å². The summed E-state index contributed by atoms with van der Waals surface area (Å²) in [6, 6.07) is 11.7. The number of benzene rings is 1. The zero-order valence-electron chi connectivity index (χ0n) is 13.0. The van der Waals surface area contributed by atoms with Crippen molar-refractivity contribution in [2.45, 2.75) is 26.3 Å². The summed E-state index contributed by atoms with van der Waals surface area (Å²) in [5.41, 5.74) is 3.11. The van der Waals surface area contributed by atoms with Crippen molar-refractivity contribution in [1.29, 1.82) is 0 Å². The minimum atomic E-state index is 0.101. The molecule has 1 aliphatic heterocycles. The summed E-state index contributed by atoms with van der Waals surface area (Å²) in [6.07, 6.45) is 3.92. The van der Waals surface area contributed by atoms with E-state index >= 15 is 0 Å². The van der Waals surface area contributed by atoms with E-state index in [1.165, 1.54) is 6.42 Å². The Morgan fingerprint density at radius 1 is 1.26 bits per heavy atom. The van der Waals surface area contributed by atoms with Crippen LogP contribution in [0.25, 0.3) is 22.2 Å². The number of rotatable bonds is 1. The smallest absolute Gasteiger partial charge is 0.261 e. The lowest BCUT2D eigenvalue weighted by atomic mass is 10.00. The van der Waals surface area contributed by atoms with Crippen LogP contribution in [0.3, 0.4) is 0 Å². The largest absolute Gasteiger partial charge is 0.296 e. The molecule has 23 heavy (non-hydrogen) atoms. The molecule has 0 amide bonds. The van der Waals surface area contributed by atoms with Crippen LogP contribution in [-0.4, -0.2) is 14.5 Å². The molecule has 2 atom stereocenters. The minimum absolute atomic E-state index is 0.101. The van der Waals surface area contributed by atoms with Gasteiger partial charge in [-0.3, -0.25) is 14.3 Å². The third-order valence-corrected chi connectivity index (χ3v) is 5.48.